The lowest BCUT2D eigenvalue weighted by molar-refractivity contribution is -0.120. The van der Waals surface area contributed by atoms with E-state index < -0.39 is 5.97 Å². The van der Waals surface area contributed by atoms with Crippen LogP contribution < -0.4 is 5.32 Å². The molecule has 6 heteroatoms. The number of carboxylic acids is 1. The van der Waals surface area contributed by atoms with Crippen LogP contribution in [0.4, 0.5) is 0 Å². The highest BCUT2D eigenvalue weighted by molar-refractivity contribution is 7.99. The molecule has 5 nitrogen and oxygen atoms in total. The third-order valence-corrected chi connectivity index (χ3v) is 3.22. The van der Waals surface area contributed by atoms with Gasteiger partial charge in [-0.25, -0.2) is 4.79 Å². The van der Waals surface area contributed by atoms with Crippen molar-refractivity contribution in [1.29, 1.82) is 0 Å². The summed E-state index contributed by atoms with van der Waals surface area (Å²) in [5.41, 5.74) is 0. The largest absolute Gasteiger partial charge is 0.475 e. The third kappa shape index (κ3) is 3.81. The normalized spacial score (nSPS) is 14.6. The average molecular weight is 255 g/mol. The summed E-state index contributed by atoms with van der Waals surface area (Å²) in [5.74, 6) is -0.520. The molecule has 1 aromatic heterocycles. The Morgan fingerprint density at radius 2 is 2.24 bits per heavy atom. The Bertz CT molecular complexity index is 425. The summed E-state index contributed by atoms with van der Waals surface area (Å²) in [4.78, 5) is 21.9. The number of thioether (sulfide) groups is 1. The Hall–Kier alpha value is -1.43. The molecule has 0 aromatic carbocycles. The summed E-state index contributed by atoms with van der Waals surface area (Å²) < 4.78 is 5.05. The summed E-state index contributed by atoms with van der Waals surface area (Å²) in [7, 11) is 0. The number of rotatable bonds is 6. The van der Waals surface area contributed by atoms with Crippen molar-refractivity contribution in [2.45, 2.75) is 30.4 Å². The standard InChI is InChI=1S/C11H13NO4S/c13-9(12-7-1-2-7)5-6-17-10-4-3-8(16-10)11(14)15/h3-4,7H,1-2,5-6H2,(H,12,13)(H,14,15). The molecule has 17 heavy (non-hydrogen) atoms. The smallest absolute Gasteiger partial charge is 0.371 e. The Balaban J connectivity index is 1.69. The first kappa shape index (κ1) is 12.0. The Kier molecular flexibility index (Phi) is 3.73. The van der Waals surface area contributed by atoms with Gasteiger partial charge in [-0.1, -0.05) is 11.8 Å². The first-order chi connectivity index (χ1) is 8.15. The molecule has 1 saturated carbocycles. The van der Waals surface area contributed by atoms with Gasteiger partial charge in [-0.3, -0.25) is 4.79 Å². The second-order valence-corrected chi connectivity index (χ2v) is 4.96. The van der Waals surface area contributed by atoms with Crippen LogP contribution in [0.25, 0.3) is 0 Å². The van der Waals surface area contributed by atoms with Gasteiger partial charge in [0.15, 0.2) is 5.09 Å². The number of nitrogens with one attached hydrogen (secondary N) is 1. The van der Waals surface area contributed by atoms with Crippen molar-refractivity contribution in [3.63, 3.8) is 0 Å². The number of carbonyl (C=O) groups is 2. The van der Waals surface area contributed by atoms with Gasteiger partial charge >= 0.3 is 5.97 Å². The lowest BCUT2D eigenvalue weighted by Gasteiger charge is -2.01. The lowest BCUT2D eigenvalue weighted by Crippen LogP contribution is -2.25. The van der Waals surface area contributed by atoms with Crippen molar-refractivity contribution in [3.8, 4) is 0 Å². The van der Waals surface area contributed by atoms with Crippen LogP contribution in [0.5, 0.6) is 0 Å². The molecule has 0 bridgehead atoms. The van der Waals surface area contributed by atoms with Crippen molar-refractivity contribution >= 4 is 23.6 Å². The van der Waals surface area contributed by atoms with Crippen LogP contribution in [0.15, 0.2) is 21.6 Å². The second kappa shape index (κ2) is 5.27. The predicted octanol–water partition coefficient (Wildman–Crippen LogP) is 1.74. The summed E-state index contributed by atoms with van der Waals surface area (Å²) >= 11 is 1.34. The van der Waals surface area contributed by atoms with Gasteiger partial charge in [-0.15, -0.1) is 0 Å². The molecule has 1 aromatic rings. The van der Waals surface area contributed by atoms with Gasteiger partial charge in [-0.05, 0) is 25.0 Å². The topological polar surface area (TPSA) is 79.5 Å². The van der Waals surface area contributed by atoms with E-state index in [0.717, 1.165) is 12.8 Å². The minimum absolute atomic E-state index is 0.0463. The molecule has 0 atom stereocenters. The molecule has 2 rings (SSSR count). The molecule has 1 aliphatic rings. The SMILES string of the molecule is O=C(CCSc1ccc(C(=O)O)o1)NC1CC1. The Labute approximate surface area is 103 Å². The highest BCUT2D eigenvalue weighted by Crippen LogP contribution is 2.22. The predicted molar refractivity (Wildman–Crippen MR) is 62.2 cm³/mol. The van der Waals surface area contributed by atoms with Gasteiger partial charge in [0, 0.05) is 18.2 Å². The van der Waals surface area contributed by atoms with E-state index in [-0.39, 0.29) is 11.7 Å². The number of hydrogen-bond acceptors (Lipinski definition) is 4. The zero-order valence-corrected chi connectivity index (χ0v) is 9.96. The van der Waals surface area contributed by atoms with E-state index in [1.54, 1.807) is 6.07 Å². The highest BCUT2D eigenvalue weighted by atomic mass is 32.2. The van der Waals surface area contributed by atoms with Gasteiger partial charge in [0.1, 0.15) is 0 Å². The van der Waals surface area contributed by atoms with Gasteiger partial charge in [0.25, 0.3) is 0 Å². The minimum Gasteiger partial charge on any atom is -0.475 e. The monoisotopic (exact) mass is 255 g/mol. The van der Waals surface area contributed by atoms with Crippen molar-refractivity contribution in [2.24, 2.45) is 0 Å². The molecule has 1 fully saturated rings. The van der Waals surface area contributed by atoms with Crippen molar-refractivity contribution in [3.05, 3.63) is 17.9 Å². The van der Waals surface area contributed by atoms with Crippen LogP contribution in [-0.4, -0.2) is 28.8 Å². The van der Waals surface area contributed by atoms with E-state index in [1.807, 2.05) is 0 Å². The number of carboxylic acid groups (broad SMARTS) is 1. The molecular formula is C11H13NO4S. The maximum atomic E-state index is 11.3. The van der Waals surface area contributed by atoms with Crippen LogP contribution in [0, 0.1) is 0 Å². The maximum absolute atomic E-state index is 11.3. The first-order valence-electron chi connectivity index (χ1n) is 5.40. The van der Waals surface area contributed by atoms with E-state index in [9.17, 15) is 9.59 Å². The fraction of sp³-hybridized carbons (Fsp3) is 0.455. The van der Waals surface area contributed by atoms with Gasteiger partial charge < -0.3 is 14.8 Å². The van der Waals surface area contributed by atoms with Crippen LogP contribution in [0.2, 0.25) is 0 Å². The number of hydrogen-bond donors (Lipinski definition) is 2. The van der Waals surface area contributed by atoms with Crippen molar-refractivity contribution in [2.75, 3.05) is 5.75 Å². The summed E-state index contributed by atoms with van der Waals surface area (Å²) in [5, 5.41) is 12.1. The van der Waals surface area contributed by atoms with Crippen molar-refractivity contribution < 1.29 is 19.1 Å². The Morgan fingerprint density at radius 3 is 2.82 bits per heavy atom. The zero-order valence-electron chi connectivity index (χ0n) is 9.14. The fourth-order valence-corrected chi connectivity index (χ4v) is 2.09. The van der Waals surface area contributed by atoms with E-state index in [4.69, 9.17) is 9.52 Å². The molecule has 0 spiro atoms. The molecule has 0 radical (unpaired) electrons. The number of furan rings is 1. The quantitative estimate of drug-likeness (QED) is 0.757. The zero-order chi connectivity index (χ0) is 12.3. The van der Waals surface area contributed by atoms with E-state index >= 15 is 0 Å². The molecule has 1 heterocycles. The van der Waals surface area contributed by atoms with Crippen LogP contribution in [0.1, 0.15) is 29.8 Å². The van der Waals surface area contributed by atoms with Gasteiger partial charge in [0.05, 0.1) is 0 Å². The van der Waals surface area contributed by atoms with Crippen LogP contribution in [0.3, 0.4) is 0 Å². The molecular weight excluding hydrogens is 242 g/mol. The molecule has 92 valence electrons. The number of amides is 1. The number of carbonyl (C=O) groups excluding carboxylic acids is 1. The molecule has 1 aliphatic carbocycles. The van der Waals surface area contributed by atoms with E-state index in [0.29, 0.717) is 23.3 Å². The van der Waals surface area contributed by atoms with Crippen molar-refractivity contribution in [1.82, 2.24) is 5.32 Å². The maximum Gasteiger partial charge on any atom is 0.371 e. The number of aromatic carboxylic acids is 1. The van der Waals surface area contributed by atoms with Crippen LogP contribution >= 0.6 is 11.8 Å². The average Bonchev–Trinajstić information content (AvgIpc) is 2.94. The van der Waals surface area contributed by atoms with E-state index in [2.05, 4.69) is 5.32 Å². The summed E-state index contributed by atoms with van der Waals surface area (Å²) in [6, 6.07) is 3.40. The van der Waals surface area contributed by atoms with Gasteiger partial charge in [0.2, 0.25) is 11.7 Å². The summed E-state index contributed by atoms with van der Waals surface area (Å²) in [6.45, 7) is 0. The molecule has 0 saturated heterocycles. The minimum atomic E-state index is -1.08. The Morgan fingerprint density at radius 1 is 1.47 bits per heavy atom. The van der Waals surface area contributed by atoms with Crippen LogP contribution in [-0.2, 0) is 4.79 Å². The first-order valence-corrected chi connectivity index (χ1v) is 6.39. The van der Waals surface area contributed by atoms with E-state index in [1.165, 1.54) is 17.8 Å². The molecule has 2 N–H and O–H groups in total. The lowest BCUT2D eigenvalue weighted by atomic mass is 10.4. The summed E-state index contributed by atoms with van der Waals surface area (Å²) in [6.07, 6.45) is 2.59. The molecule has 1 amide bonds. The van der Waals surface area contributed by atoms with Gasteiger partial charge in [-0.2, -0.15) is 0 Å². The second-order valence-electron chi connectivity index (χ2n) is 3.86. The third-order valence-electron chi connectivity index (χ3n) is 2.31. The highest BCUT2D eigenvalue weighted by Gasteiger charge is 2.22. The fourth-order valence-electron chi connectivity index (χ4n) is 1.28. The molecule has 0 aliphatic heterocycles. The molecule has 0 unspecified atom stereocenters.